The van der Waals surface area contributed by atoms with Crippen molar-refractivity contribution in [1.29, 1.82) is 0 Å². The Morgan fingerprint density at radius 1 is 1.18 bits per heavy atom. The molecule has 3 aromatic rings. The zero-order chi connectivity index (χ0) is 15.7. The number of para-hydroxylation sites is 1. The number of ketones is 1. The average molecular weight is 333 g/mol. The summed E-state index contributed by atoms with van der Waals surface area (Å²) in [7, 11) is 1.93. The van der Waals surface area contributed by atoms with E-state index in [2.05, 4.69) is 5.32 Å². The number of aromatic nitrogens is 1. The Morgan fingerprint density at radius 2 is 1.95 bits per heavy atom. The summed E-state index contributed by atoms with van der Waals surface area (Å²) >= 11 is 12.0. The van der Waals surface area contributed by atoms with Crippen LogP contribution in [-0.2, 0) is 7.05 Å². The Morgan fingerprint density at radius 3 is 2.77 bits per heavy atom. The van der Waals surface area contributed by atoms with E-state index in [9.17, 15) is 4.79 Å². The molecule has 0 aliphatic rings. The SMILES string of the molecule is Cn1cc(C(=O)CNc2cc(Cl)ccc2Cl)c2ccccc21. The van der Waals surface area contributed by atoms with Crippen molar-refractivity contribution >= 4 is 45.6 Å². The summed E-state index contributed by atoms with van der Waals surface area (Å²) in [5.41, 5.74) is 2.39. The molecule has 0 atom stereocenters. The Balaban J connectivity index is 1.83. The van der Waals surface area contributed by atoms with Gasteiger partial charge in [-0.2, -0.15) is 0 Å². The number of hydrogen-bond acceptors (Lipinski definition) is 2. The van der Waals surface area contributed by atoms with E-state index in [-0.39, 0.29) is 12.3 Å². The van der Waals surface area contributed by atoms with Crippen molar-refractivity contribution < 1.29 is 4.79 Å². The summed E-state index contributed by atoms with van der Waals surface area (Å²) in [5, 5.41) is 5.11. The van der Waals surface area contributed by atoms with Crippen LogP contribution in [0.1, 0.15) is 10.4 Å². The summed E-state index contributed by atoms with van der Waals surface area (Å²) < 4.78 is 1.95. The lowest BCUT2D eigenvalue weighted by Crippen LogP contribution is -2.14. The van der Waals surface area contributed by atoms with Gasteiger partial charge in [0.2, 0.25) is 0 Å². The predicted octanol–water partition coefficient (Wildman–Crippen LogP) is 4.78. The minimum atomic E-state index is 0.00726. The molecule has 3 rings (SSSR count). The molecule has 0 aliphatic carbocycles. The second kappa shape index (κ2) is 6.03. The van der Waals surface area contributed by atoms with E-state index >= 15 is 0 Å². The van der Waals surface area contributed by atoms with Crippen molar-refractivity contribution in [2.24, 2.45) is 7.05 Å². The highest BCUT2D eigenvalue weighted by atomic mass is 35.5. The molecule has 1 aromatic heterocycles. The van der Waals surface area contributed by atoms with E-state index in [1.807, 2.05) is 42.1 Å². The number of benzene rings is 2. The Bertz CT molecular complexity index is 855. The molecular formula is C17H14Cl2N2O. The number of nitrogens with one attached hydrogen (secondary N) is 1. The average Bonchev–Trinajstić information content (AvgIpc) is 2.86. The number of fused-ring (bicyclic) bond motifs is 1. The summed E-state index contributed by atoms with van der Waals surface area (Å²) in [4.78, 5) is 12.5. The van der Waals surface area contributed by atoms with Crippen molar-refractivity contribution in [1.82, 2.24) is 4.57 Å². The number of Topliss-reactive ketones (excluding diaryl/α,β-unsaturated/α-hetero) is 1. The van der Waals surface area contributed by atoms with Gasteiger partial charge in [0.15, 0.2) is 5.78 Å². The van der Waals surface area contributed by atoms with Crippen LogP contribution >= 0.6 is 23.2 Å². The normalized spacial score (nSPS) is 10.9. The highest BCUT2D eigenvalue weighted by molar-refractivity contribution is 6.35. The maximum Gasteiger partial charge on any atom is 0.184 e. The second-order valence-electron chi connectivity index (χ2n) is 5.07. The predicted molar refractivity (Wildman–Crippen MR) is 92.2 cm³/mol. The Kier molecular flexibility index (Phi) is 4.10. The maximum absolute atomic E-state index is 12.5. The number of aryl methyl sites for hydroxylation is 1. The summed E-state index contributed by atoms with van der Waals surface area (Å²) in [5.74, 6) is 0.00726. The number of anilines is 1. The number of rotatable bonds is 4. The van der Waals surface area contributed by atoms with E-state index in [1.165, 1.54) is 0 Å². The van der Waals surface area contributed by atoms with Crippen molar-refractivity contribution in [3.05, 3.63) is 64.3 Å². The van der Waals surface area contributed by atoms with Gasteiger partial charge in [-0.1, -0.05) is 41.4 Å². The molecule has 2 aromatic carbocycles. The largest absolute Gasteiger partial charge is 0.376 e. The maximum atomic E-state index is 12.5. The van der Waals surface area contributed by atoms with Gasteiger partial charge in [0.1, 0.15) is 0 Å². The number of carbonyl (C=O) groups excluding carboxylic acids is 1. The van der Waals surface area contributed by atoms with Gasteiger partial charge in [-0.25, -0.2) is 0 Å². The third kappa shape index (κ3) is 2.82. The highest BCUT2D eigenvalue weighted by Crippen LogP contribution is 2.26. The topological polar surface area (TPSA) is 34.0 Å². The van der Waals surface area contributed by atoms with E-state index in [0.29, 0.717) is 21.3 Å². The van der Waals surface area contributed by atoms with E-state index in [0.717, 1.165) is 10.9 Å². The molecule has 0 unspecified atom stereocenters. The van der Waals surface area contributed by atoms with E-state index in [1.54, 1.807) is 18.2 Å². The van der Waals surface area contributed by atoms with Crippen LogP contribution in [0.5, 0.6) is 0 Å². The lowest BCUT2D eigenvalue weighted by atomic mass is 10.1. The highest BCUT2D eigenvalue weighted by Gasteiger charge is 2.13. The van der Waals surface area contributed by atoms with Gasteiger partial charge in [0.05, 0.1) is 17.3 Å². The molecule has 0 amide bonds. The first-order valence-electron chi connectivity index (χ1n) is 6.82. The number of carbonyl (C=O) groups is 1. The van der Waals surface area contributed by atoms with Gasteiger partial charge in [0, 0.05) is 34.7 Å². The minimum absolute atomic E-state index is 0.00726. The molecule has 0 bridgehead atoms. The third-order valence-electron chi connectivity index (χ3n) is 3.57. The van der Waals surface area contributed by atoms with E-state index in [4.69, 9.17) is 23.2 Å². The fraction of sp³-hybridized carbons (Fsp3) is 0.118. The molecule has 0 radical (unpaired) electrons. The molecule has 0 aliphatic heterocycles. The van der Waals surface area contributed by atoms with Crippen molar-refractivity contribution in [2.75, 3.05) is 11.9 Å². The van der Waals surface area contributed by atoms with Crippen LogP contribution < -0.4 is 5.32 Å². The lowest BCUT2D eigenvalue weighted by Gasteiger charge is -2.07. The molecule has 22 heavy (non-hydrogen) atoms. The molecular weight excluding hydrogens is 319 g/mol. The molecule has 3 nitrogen and oxygen atoms in total. The summed E-state index contributed by atoms with van der Waals surface area (Å²) in [6.45, 7) is 0.161. The first-order valence-corrected chi connectivity index (χ1v) is 7.58. The van der Waals surface area contributed by atoms with Crippen LogP contribution in [0, 0.1) is 0 Å². The lowest BCUT2D eigenvalue weighted by molar-refractivity contribution is 0.101. The van der Waals surface area contributed by atoms with Crippen LogP contribution in [0.4, 0.5) is 5.69 Å². The Labute approximate surface area is 138 Å². The smallest absolute Gasteiger partial charge is 0.184 e. The fourth-order valence-electron chi connectivity index (χ4n) is 2.47. The standard InChI is InChI=1S/C17H14Cl2N2O/c1-21-10-13(12-4-2-3-5-16(12)21)17(22)9-20-15-8-11(18)6-7-14(15)19/h2-8,10,20H,9H2,1H3. The Hall–Kier alpha value is -1.97. The van der Waals surface area contributed by atoms with Crippen molar-refractivity contribution in [3.8, 4) is 0 Å². The number of nitrogens with zero attached hydrogens (tertiary/aromatic N) is 1. The zero-order valence-electron chi connectivity index (χ0n) is 11.9. The molecule has 5 heteroatoms. The monoisotopic (exact) mass is 332 g/mol. The van der Waals surface area contributed by atoms with Gasteiger partial charge in [-0.15, -0.1) is 0 Å². The van der Waals surface area contributed by atoms with Gasteiger partial charge in [-0.05, 0) is 24.3 Å². The van der Waals surface area contributed by atoms with Gasteiger partial charge in [-0.3, -0.25) is 4.79 Å². The number of halogens is 2. The van der Waals surface area contributed by atoms with Crippen molar-refractivity contribution in [2.45, 2.75) is 0 Å². The molecule has 112 valence electrons. The van der Waals surface area contributed by atoms with Crippen molar-refractivity contribution in [3.63, 3.8) is 0 Å². The fourth-order valence-corrected chi connectivity index (χ4v) is 2.82. The van der Waals surface area contributed by atoms with Crippen LogP contribution in [0.2, 0.25) is 10.0 Å². The van der Waals surface area contributed by atoms with Crippen LogP contribution in [0.25, 0.3) is 10.9 Å². The first-order chi connectivity index (χ1) is 10.6. The van der Waals surface area contributed by atoms with Crippen LogP contribution in [-0.4, -0.2) is 16.9 Å². The van der Waals surface area contributed by atoms with E-state index < -0.39 is 0 Å². The molecule has 0 saturated carbocycles. The zero-order valence-corrected chi connectivity index (χ0v) is 13.4. The molecule has 1 N–H and O–H groups in total. The minimum Gasteiger partial charge on any atom is -0.376 e. The van der Waals surface area contributed by atoms with Gasteiger partial charge < -0.3 is 9.88 Å². The first kappa shape index (κ1) is 14.9. The molecule has 0 spiro atoms. The summed E-state index contributed by atoms with van der Waals surface area (Å²) in [6.07, 6.45) is 1.86. The molecule has 0 saturated heterocycles. The molecule has 1 heterocycles. The van der Waals surface area contributed by atoms with Crippen LogP contribution in [0.3, 0.4) is 0 Å². The van der Waals surface area contributed by atoms with Gasteiger partial charge >= 0.3 is 0 Å². The van der Waals surface area contributed by atoms with Crippen LogP contribution in [0.15, 0.2) is 48.7 Å². The number of hydrogen-bond donors (Lipinski definition) is 1. The summed E-state index contributed by atoms with van der Waals surface area (Å²) in [6, 6.07) is 13.0. The second-order valence-corrected chi connectivity index (χ2v) is 5.92. The van der Waals surface area contributed by atoms with Gasteiger partial charge in [0.25, 0.3) is 0 Å². The quantitative estimate of drug-likeness (QED) is 0.697. The third-order valence-corrected chi connectivity index (χ3v) is 4.13. The molecule has 0 fully saturated rings.